The van der Waals surface area contributed by atoms with Gasteiger partial charge in [0.25, 0.3) is 0 Å². The smallest absolute Gasteiger partial charge is 0.327 e. The van der Waals surface area contributed by atoms with Crippen molar-refractivity contribution in [3.63, 3.8) is 0 Å². The van der Waals surface area contributed by atoms with Gasteiger partial charge in [-0.1, -0.05) is 42.8 Å². The van der Waals surface area contributed by atoms with Gasteiger partial charge < -0.3 is 20.6 Å². The molecule has 3 rings (SSSR count). The van der Waals surface area contributed by atoms with Crippen LogP contribution in [0, 0.1) is 5.92 Å². The zero-order valence-corrected chi connectivity index (χ0v) is 17.9. The predicted molar refractivity (Wildman–Crippen MR) is 113 cm³/mol. The minimum atomic E-state index is -1.11. The lowest BCUT2D eigenvalue weighted by atomic mass is 10.1. The van der Waals surface area contributed by atoms with Gasteiger partial charge in [-0.2, -0.15) is 0 Å². The topological polar surface area (TPSA) is 146 Å². The zero-order chi connectivity index (χ0) is 21.7. The largest absolute Gasteiger partial charge is 0.478 e. The molecule has 1 fully saturated rings. The standard InChI is InChI=1S/C19H28N6O4S/c1-3-5-6-9-30-19-21-17(20-4-2)14-18(22-19)25(24-23-14)12-10-11(7-8-13(26)27)15(28)16(12)29/h7-8,11-12,15-16,28-29H,3-6,9-10H2,1-2H3,(H,26,27)(H,20,21,22)/b8-7+/t11-,12+,15+,16-/m1/s1. The Bertz CT molecular complexity index is 905. The summed E-state index contributed by atoms with van der Waals surface area (Å²) in [4.78, 5) is 20.0. The predicted octanol–water partition coefficient (Wildman–Crippen LogP) is 1.86. The number of aliphatic hydroxyl groups is 2. The number of nitrogens with one attached hydrogen (secondary N) is 1. The van der Waals surface area contributed by atoms with Crippen molar-refractivity contribution in [2.24, 2.45) is 5.92 Å². The van der Waals surface area contributed by atoms with E-state index < -0.39 is 30.1 Å². The van der Waals surface area contributed by atoms with Gasteiger partial charge in [-0.15, -0.1) is 5.10 Å². The highest BCUT2D eigenvalue weighted by atomic mass is 32.2. The van der Waals surface area contributed by atoms with Crippen molar-refractivity contribution in [1.29, 1.82) is 0 Å². The second kappa shape index (κ2) is 10.2. The molecule has 2 aromatic rings. The van der Waals surface area contributed by atoms with Crippen LogP contribution < -0.4 is 5.32 Å². The molecule has 164 valence electrons. The van der Waals surface area contributed by atoms with E-state index in [-0.39, 0.29) is 0 Å². The summed E-state index contributed by atoms with van der Waals surface area (Å²) < 4.78 is 1.52. The summed E-state index contributed by atoms with van der Waals surface area (Å²) in [5.41, 5.74) is 0.985. The van der Waals surface area contributed by atoms with Gasteiger partial charge in [0.15, 0.2) is 22.1 Å². The van der Waals surface area contributed by atoms with Gasteiger partial charge in [0.05, 0.1) is 12.1 Å². The molecule has 1 aliphatic carbocycles. The molecule has 11 heteroatoms. The lowest BCUT2D eigenvalue weighted by Gasteiger charge is -2.16. The van der Waals surface area contributed by atoms with Gasteiger partial charge in [-0.25, -0.2) is 19.4 Å². The molecular formula is C19H28N6O4S. The number of hydrogen-bond acceptors (Lipinski definition) is 9. The highest BCUT2D eigenvalue weighted by molar-refractivity contribution is 7.99. The lowest BCUT2D eigenvalue weighted by molar-refractivity contribution is -0.131. The minimum absolute atomic E-state index is 0.324. The number of carbonyl (C=O) groups is 1. The molecule has 0 aliphatic heterocycles. The van der Waals surface area contributed by atoms with Crippen LogP contribution in [0.4, 0.5) is 5.82 Å². The SMILES string of the molecule is CCCCCSc1nc(NCC)c2nnn([C@H]3C[C@@H](/C=C/C(=O)O)[C@H](O)[C@@H]3O)c2n1. The number of anilines is 1. The number of nitrogens with zero attached hydrogens (tertiary/aromatic N) is 5. The van der Waals surface area contributed by atoms with Crippen LogP contribution in [0.1, 0.15) is 45.6 Å². The summed E-state index contributed by atoms with van der Waals surface area (Å²) in [6.45, 7) is 4.77. The normalized spacial score (nSPS) is 24.1. The number of unbranched alkanes of at least 4 members (excludes halogenated alkanes) is 2. The van der Waals surface area contributed by atoms with Gasteiger partial charge in [-0.05, 0) is 19.8 Å². The second-order valence-electron chi connectivity index (χ2n) is 7.29. The monoisotopic (exact) mass is 436 g/mol. The van der Waals surface area contributed by atoms with Gasteiger partial charge in [0, 0.05) is 24.3 Å². The van der Waals surface area contributed by atoms with Crippen molar-refractivity contribution >= 4 is 34.7 Å². The number of fused-ring (bicyclic) bond motifs is 1. The highest BCUT2D eigenvalue weighted by Gasteiger charge is 2.43. The number of carboxylic acids is 1. The molecule has 2 heterocycles. The molecule has 0 amide bonds. The van der Waals surface area contributed by atoms with Crippen LogP contribution >= 0.6 is 11.8 Å². The number of hydrogen-bond donors (Lipinski definition) is 4. The van der Waals surface area contributed by atoms with Crippen molar-refractivity contribution < 1.29 is 20.1 Å². The fourth-order valence-electron chi connectivity index (χ4n) is 3.59. The maximum Gasteiger partial charge on any atom is 0.327 e. The van der Waals surface area contributed by atoms with E-state index in [1.54, 1.807) is 11.8 Å². The first-order chi connectivity index (χ1) is 14.5. The zero-order valence-electron chi connectivity index (χ0n) is 17.1. The molecule has 2 aromatic heterocycles. The summed E-state index contributed by atoms with van der Waals surface area (Å²) in [5.74, 6) is -0.112. The fourth-order valence-corrected chi connectivity index (χ4v) is 4.42. The molecule has 0 radical (unpaired) electrons. The molecular weight excluding hydrogens is 408 g/mol. The van der Waals surface area contributed by atoms with Gasteiger partial charge in [0.1, 0.15) is 6.10 Å². The second-order valence-corrected chi connectivity index (χ2v) is 8.35. The van der Waals surface area contributed by atoms with E-state index in [0.717, 1.165) is 31.1 Å². The molecule has 0 spiro atoms. The van der Waals surface area contributed by atoms with Crippen molar-refractivity contribution in [2.75, 3.05) is 17.6 Å². The van der Waals surface area contributed by atoms with Crippen LogP contribution in [0.3, 0.4) is 0 Å². The third kappa shape index (κ3) is 4.90. The van der Waals surface area contributed by atoms with E-state index in [1.807, 2.05) is 6.92 Å². The van der Waals surface area contributed by atoms with E-state index in [1.165, 1.54) is 10.8 Å². The Morgan fingerprint density at radius 1 is 1.27 bits per heavy atom. The molecule has 0 aromatic carbocycles. The van der Waals surface area contributed by atoms with Crippen molar-refractivity contribution in [3.8, 4) is 0 Å². The number of carboxylic acid groups (broad SMARTS) is 1. The summed E-state index contributed by atoms with van der Waals surface area (Å²) in [6.07, 6.45) is 3.86. The van der Waals surface area contributed by atoms with Crippen LogP contribution in [0.5, 0.6) is 0 Å². The van der Waals surface area contributed by atoms with E-state index >= 15 is 0 Å². The van der Waals surface area contributed by atoms with Crippen LogP contribution in [0.2, 0.25) is 0 Å². The van der Waals surface area contributed by atoms with Gasteiger partial charge >= 0.3 is 5.97 Å². The lowest BCUT2D eigenvalue weighted by Crippen LogP contribution is -2.29. The molecule has 30 heavy (non-hydrogen) atoms. The molecule has 4 N–H and O–H groups in total. The van der Waals surface area contributed by atoms with Crippen LogP contribution in [0.25, 0.3) is 11.2 Å². The molecule has 1 saturated carbocycles. The van der Waals surface area contributed by atoms with E-state index in [0.29, 0.717) is 35.1 Å². The van der Waals surface area contributed by atoms with Crippen molar-refractivity contribution in [1.82, 2.24) is 25.0 Å². The Labute approximate surface area is 178 Å². The summed E-state index contributed by atoms with van der Waals surface area (Å²) >= 11 is 1.56. The minimum Gasteiger partial charge on any atom is -0.478 e. The Kier molecular flexibility index (Phi) is 7.62. The third-order valence-corrected chi connectivity index (χ3v) is 6.06. The summed E-state index contributed by atoms with van der Waals surface area (Å²) in [5, 5.41) is 42.0. The molecule has 0 bridgehead atoms. The number of thioether (sulfide) groups is 1. The maximum atomic E-state index is 10.8. The summed E-state index contributed by atoms with van der Waals surface area (Å²) in [7, 11) is 0. The Hall–Kier alpha value is -2.24. The first-order valence-electron chi connectivity index (χ1n) is 10.2. The number of aliphatic carboxylic acids is 1. The highest BCUT2D eigenvalue weighted by Crippen LogP contribution is 2.37. The average Bonchev–Trinajstić information content (AvgIpc) is 3.26. The van der Waals surface area contributed by atoms with Crippen LogP contribution in [-0.4, -0.2) is 70.8 Å². The number of aliphatic hydroxyl groups excluding tert-OH is 2. The van der Waals surface area contributed by atoms with Crippen molar-refractivity contribution in [2.45, 2.75) is 62.9 Å². The summed E-state index contributed by atoms with van der Waals surface area (Å²) in [6, 6.07) is -0.573. The Balaban J connectivity index is 1.91. The Morgan fingerprint density at radius 3 is 2.77 bits per heavy atom. The van der Waals surface area contributed by atoms with Gasteiger partial charge in [0.2, 0.25) is 0 Å². The quantitative estimate of drug-likeness (QED) is 0.188. The molecule has 0 saturated heterocycles. The van der Waals surface area contributed by atoms with Gasteiger partial charge in [-0.3, -0.25) is 0 Å². The first kappa shape index (κ1) is 22.4. The molecule has 4 atom stereocenters. The Morgan fingerprint density at radius 2 is 2.07 bits per heavy atom. The van der Waals surface area contributed by atoms with Crippen LogP contribution in [0.15, 0.2) is 17.3 Å². The molecule has 0 unspecified atom stereocenters. The third-order valence-electron chi connectivity index (χ3n) is 5.12. The van der Waals surface area contributed by atoms with E-state index in [2.05, 4.69) is 32.5 Å². The average molecular weight is 437 g/mol. The molecule has 1 aliphatic rings. The van der Waals surface area contributed by atoms with E-state index in [4.69, 9.17) is 5.11 Å². The maximum absolute atomic E-state index is 10.8. The van der Waals surface area contributed by atoms with Crippen LogP contribution in [-0.2, 0) is 4.79 Å². The number of aromatic nitrogens is 5. The fraction of sp³-hybridized carbons (Fsp3) is 0.632. The van der Waals surface area contributed by atoms with Crippen molar-refractivity contribution in [3.05, 3.63) is 12.2 Å². The first-order valence-corrected chi connectivity index (χ1v) is 11.2. The molecule has 10 nitrogen and oxygen atoms in total. The van der Waals surface area contributed by atoms with E-state index in [9.17, 15) is 15.0 Å². The number of rotatable bonds is 10.